The SMILES string of the molecule is COC(=O)c1ccc(N)c(Sc2cccc(C)c2)n1. The van der Waals surface area contributed by atoms with Crippen LogP contribution in [0.2, 0.25) is 0 Å². The van der Waals surface area contributed by atoms with E-state index in [2.05, 4.69) is 9.72 Å². The van der Waals surface area contributed by atoms with Crippen molar-refractivity contribution in [2.24, 2.45) is 0 Å². The summed E-state index contributed by atoms with van der Waals surface area (Å²) < 4.78 is 4.65. The molecule has 0 unspecified atom stereocenters. The molecule has 1 aromatic heterocycles. The Kier molecular flexibility index (Phi) is 4.06. The number of methoxy groups -OCH3 is 1. The van der Waals surface area contributed by atoms with E-state index < -0.39 is 5.97 Å². The average Bonchev–Trinajstić information content (AvgIpc) is 2.40. The van der Waals surface area contributed by atoms with Gasteiger partial charge >= 0.3 is 5.97 Å². The van der Waals surface area contributed by atoms with Crippen molar-refractivity contribution in [1.82, 2.24) is 4.98 Å². The van der Waals surface area contributed by atoms with Crippen molar-refractivity contribution in [3.05, 3.63) is 47.7 Å². The monoisotopic (exact) mass is 274 g/mol. The number of hydrogen-bond acceptors (Lipinski definition) is 5. The number of anilines is 1. The maximum Gasteiger partial charge on any atom is 0.356 e. The van der Waals surface area contributed by atoms with Crippen LogP contribution in [0.5, 0.6) is 0 Å². The van der Waals surface area contributed by atoms with Gasteiger partial charge in [-0.25, -0.2) is 9.78 Å². The molecule has 98 valence electrons. The number of esters is 1. The highest BCUT2D eigenvalue weighted by Crippen LogP contribution is 2.30. The molecule has 0 fully saturated rings. The molecule has 19 heavy (non-hydrogen) atoms. The van der Waals surface area contributed by atoms with Gasteiger partial charge in [-0.15, -0.1) is 0 Å². The van der Waals surface area contributed by atoms with E-state index in [1.165, 1.54) is 18.9 Å². The number of rotatable bonds is 3. The third-order valence-corrected chi connectivity index (χ3v) is 3.50. The van der Waals surface area contributed by atoms with Crippen molar-refractivity contribution in [3.8, 4) is 0 Å². The lowest BCUT2D eigenvalue weighted by Crippen LogP contribution is -2.05. The number of pyridine rings is 1. The van der Waals surface area contributed by atoms with E-state index in [0.717, 1.165) is 10.5 Å². The molecular formula is C14H14N2O2S. The number of carbonyl (C=O) groups is 1. The molecule has 0 saturated heterocycles. The summed E-state index contributed by atoms with van der Waals surface area (Å²) in [5, 5.41) is 0.605. The van der Waals surface area contributed by atoms with E-state index in [1.807, 2.05) is 31.2 Å². The first-order valence-electron chi connectivity index (χ1n) is 5.69. The number of benzene rings is 1. The van der Waals surface area contributed by atoms with E-state index in [1.54, 1.807) is 12.1 Å². The lowest BCUT2D eigenvalue weighted by molar-refractivity contribution is 0.0593. The summed E-state index contributed by atoms with van der Waals surface area (Å²) in [6, 6.07) is 11.2. The van der Waals surface area contributed by atoms with Gasteiger partial charge in [0, 0.05) is 4.90 Å². The zero-order valence-electron chi connectivity index (χ0n) is 10.7. The van der Waals surface area contributed by atoms with Gasteiger partial charge in [0.1, 0.15) is 10.7 Å². The molecule has 5 heteroatoms. The van der Waals surface area contributed by atoms with Crippen molar-refractivity contribution in [2.45, 2.75) is 16.8 Å². The second kappa shape index (κ2) is 5.75. The number of nitrogens with two attached hydrogens (primary N) is 1. The van der Waals surface area contributed by atoms with Crippen molar-refractivity contribution in [1.29, 1.82) is 0 Å². The van der Waals surface area contributed by atoms with Gasteiger partial charge < -0.3 is 10.5 Å². The van der Waals surface area contributed by atoms with Crippen LogP contribution < -0.4 is 5.73 Å². The third kappa shape index (κ3) is 3.26. The Morgan fingerprint density at radius 3 is 2.79 bits per heavy atom. The fraction of sp³-hybridized carbons (Fsp3) is 0.143. The van der Waals surface area contributed by atoms with Crippen molar-refractivity contribution in [3.63, 3.8) is 0 Å². The van der Waals surface area contributed by atoms with E-state index >= 15 is 0 Å². The molecule has 2 aromatic rings. The van der Waals surface area contributed by atoms with Gasteiger partial charge in [-0.1, -0.05) is 29.5 Å². The van der Waals surface area contributed by atoms with Crippen molar-refractivity contribution < 1.29 is 9.53 Å². The van der Waals surface area contributed by atoms with Crippen molar-refractivity contribution in [2.75, 3.05) is 12.8 Å². The van der Waals surface area contributed by atoms with E-state index in [9.17, 15) is 4.79 Å². The molecule has 0 radical (unpaired) electrons. The summed E-state index contributed by atoms with van der Waals surface area (Å²) in [5.74, 6) is -0.467. The number of aromatic nitrogens is 1. The van der Waals surface area contributed by atoms with Gasteiger partial charge in [-0.2, -0.15) is 0 Å². The lowest BCUT2D eigenvalue weighted by Gasteiger charge is -2.07. The van der Waals surface area contributed by atoms with Gasteiger partial charge in [0.15, 0.2) is 0 Å². The first-order valence-corrected chi connectivity index (χ1v) is 6.51. The number of aryl methyl sites for hydroxylation is 1. The molecule has 0 saturated carbocycles. The van der Waals surface area contributed by atoms with Crippen molar-refractivity contribution >= 4 is 23.4 Å². The Labute approximate surface area is 116 Å². The smallest absolute Gasteiger partial charge is 0.356 e. The number of hydrogen-bond donors (Lipinski definition) is 1. The molecule has 0 spiro atoms. The molecule has 1 aromatic carbocycles. The van der Waals surface area contributed by atoms with Crippen LogP contribution >= 0.6 is 11.8 Å². The molecule has 0 bridgehead atoms. The molecule has 0 aliphatic heterocycles. The predicted molar refractivity (Wildman–Crippen MR) is 75.3 cm³/mol. The van der Waals surface area contributed by atoms with E-state index in [-0.39, 0.29) is 5.69 Å². The Bertz CT molecular complexity index is 614. The first-order chi connectivity index (χ1) is 9.10. The first kappa shape index (κ1) is 13.4. The number of carbonyl (C=O) groups excluding carboxylic acids is 1. The van der Waals surface area contributed by atoms with Crippen LogP contribution in [0.25, 0.3) is 0 Å². The molecular weight excluding hydrogens is 260 g/mol. The highest BCUT2D eigenvalue weighted by molar-refractivity contribution is 7.99. The summed E-state index contributed by atoms with van der Waals surface area (Å²) >= 11 is 1.43. The van der Waals surface area contributed by atoms with Crippen LogP contribution in [-0.2, 0) is 4.74 Å². The summed E-state index contributed by atoms with van der Waals surface area (Å²) in [6.07, 6.45) is 0. The molecule has 0 atom stereocenters. The van der Waals surface area contributed by atoms with Crippen LogP contribution in [0.4, 0.5) is 5.69 Å². The van der Waals surface area contributed by atoms with Crippen LogP contribution in [-0.4, -0.2) is 18.1 Å². The average molecular weight is 274 g/mol. The summed E-state index contributed by atoms with van der Waals surface area (Å²) in [4.78, 5) is 16.7. The fourth-order valence-corrected chi connectivity index (χ4v) is 2.49. The minimum absolute atomic E-state index is 0.256. The van der Waals surface area contributed by atoms with Crippen LogP contribution in [0.15, 0.2) is 46.3 Å². The van der Waals surface area contributed by atoms with Crippen LogP contribution in [0.1, 0.15) is 16.1 Å². The summed E-state index contributed by atoms with van der Waals surface area (Å²) in [6.45, 7) is 2.02. The lowest BCUT2D eigenvalue weighted by atomic mass is 10.2. The number of nitrogens with zero attached hydrogens (tertiary/aromatic N) is 1. The van der Waals surface area contributed by atoms with Gasteiger partial charge in [-0.05, 0) is 31.2 Å². The minimum Gasteiger partial charge on any atom is -0.464 e. The molecule has 0 amide bonds. The molecule has 0 aliphatic rings. The topological polar surface area (TPSA) is 65.2 Å². The van der Waals surface area contributed by atoms with E-state index in [4.69, 9.17) is 5.73 Å². The number of ether oxygens (including phenoxy) is 1. The van der Waals surface area contributed by atoms with Gasteiger partial charge in [-0.3, -0.25) is 0 Å². The zero-order valence-corrected chi connectivity index (χ0v) is 11.5. The molecule has 2 N–H and O–H groups in total. The molecule has 0 aliphatic carbocycles. The molecule has 1 heterocycles. The predicted octanol–water partition coefficient (Wildman–Crippen LogP) is 2.91. The quantitative estimate of drug-likeness (QED) is 0.872. The van der Waals surface area contributed by atoms with Crippen LogP contribution in [0.3, 0.4) is 0 Å². The maximum absolute atomic E-state index is 11.4. The Morgan fingerprint density at radius 2 is 2.11 bits per heavy atom. The van der Waals surface area contributed by atoms with Gasteiger partial charge in [0.25, 0.3) is 0 Å². The number of nitrogen functional groups attached to an aromatic ring is 1. The Morgan fingerprint density at radius 1 is 1.32 bits per heavy atom. The Hall–Kier alpha value is -2.01. The maximum atomic E-state index is 11.4. The molecule has 2 rings (SSSR count). The largest absolute Gasteiger partial charge is 0.464 e. The van der Waals surface area contributed by atoms with Crippen LogP contribution in [0, 0.1) is 6.92 Å². The fourth-order valence-electron chi connectivity index (χ4n) is 1.54. The highest BCUT2D eigenvalue weighted by atomic mass is 32.2. The van der Waals surface area contributed by atoms with Gasteiger partial charge in [0.2, 0.25) is 0 Å². The normalized spacial score (nSPS) is 10.2. The zero-order chi connectivity index (χ0) is 13.8. The standard InChI is InChI=1S/C14H14N2O2S/c1-9-4-3-5-10(8-9)19-13-11(15)6-7-12(16-13)14(17)18-2/h3-8H,15H2,1-2H3. The summed E-state index contributed by atoms with van der Waals surface area (Å²) in [5.41, 5.74) is 7.84. The van der Waals surface area contributed by atoms with Gasteiger partial charge in [0.05, 0.1) is 12.8 Å². The third-order valence-electron chi connectivity index (χ3n) is 2.49. The minimum atomic E-state index is -0.467. The van der Waals surface area contributed by atoms with E-state index in [0.29, 0.717) is 10.7 Å². The second-order valence-electron chi connectivity index (χ2n) is 4.00. The Balaban J connectivity index is 2.31. The second-order valence-corrected chi connectivity index (χ2v) is 5.06. The molecule has 4 nitrogen and oxygen atoms in total. The summed E-state index contributed by atoms with van der Waals surface area (Å²) in [7, 11) is 1.33. The highest BCUT2D eigenvalue weighted by Gasteiger charge is 2.11.